The zero-order valence-corrected chi connectivity index (χ0v) is 15.5. The van der Waals surface area contributed by atoms with Gasteiger partial charge >= 0.3 is 0 Å². The Hall–Kier alpha value is -0.633. The van der Waals surface area contributed by atoms with Crippen LogP contribution in [0.5, 0.6) is 0 Å². The molecule has 2 nitrogen and oxygen atoms in total. The SMILES string of the molecule is C[SiH](C)OC(C1CCCCC1CC=CC=C=O)C(C)(C)C. The molecule has 1 fully saturated rings. The minimum Gasteiger partial charge on any atom is -0.417 e. The van der Waals surface area contributed by atoms with Gasteiger partial charge in [0.15, 0.2) is 9.04 Å². The van der Waals surface area contributed by atoms with Crippen molar-refractivity contribution in [1.82, 2.24) is 0 Å². The van der Waals surface area contributed by atoms with Crippen molar-refractivity contribution in [2.24, 2.45) is 17.3 Å². The molecule has 0 aromatic carbocycles. The molecule has 1 aliphatic rings. The van der Waals surface area contributed by atoms with E-state index in [-0.39, 0.29) is 5.41 Å². The maximum absolute atomic E-state index is 10.2. The van der Waals surface area contributed by atoms with Gasteiger partial charge in [0.05, 0.1) is 6.10 Å². The van der Waals surface area contributed by atoms with Crippen LogP contribution in [0.4, 0.5) is 0 Å². The number of carbonyl (C=O) groups excluding carboxylic acids is 1. The van der Waals surface area contributed by atoms with Crippen molar-refractivity contribution in [2.75, 3.05) is 0 Å². The Balaban J connectivity index is 2.82. The van der Waals surface area contributed by atoms with Crippen LogP contribution in [0.15, 0.2) is 18.2 Å². The van der Waals surface area contributed by atoms with E-state index in [1.165, 1.54) is 31.8 Å². The van der Waals surface area contributed by atoms with Crippen LogP contribution >= 0.6 is 0 Å². The van der Waals surface area contributed by atoms with Gasteiger partial charge < -0.3 is 4.43 Å². The van der Waals surface area contributed by atoms with Crippen LogP contribution in [0.1, 0.15) is 52.9 Å². The lowest BCUT2D eigenvalue weighted by atomic mass is 9.68. The van der Waals surface area contributed by atoms with E-state index < -0.39 is 9.04 Å². The summed E-state index contributed by atoms with van der Waals surface area (Å²) in [6, 6.07) is 0. The first-order valence-corrected chi connectivity index (χ1v) is 11.2. The Morgan fingerprint density at radius 1 is 1.29 bits per heavy atom. The van der Waals surface area contributed by atoms with Gasteiger partial charge in [-0.15, -0.1) is 0 Å². The summed E-state index contributed by atoms with van der Waals surface area (Å²) in [6.07, 6.45) is 12.1. The van der Waals surface area contributed by atoms with E-state index in [0.29, 0.717) is 17.9 Å². The highest BCUT2D eigenvalue weighted by atomic mass is 28.3. The molecule has 0 amide bonds. The minimum absolute atomic E-state index is 0.198. The predicted molar refractivity (Wildman–Crippen MR) is 92.7 cm³/mol. The fourth-order valence-corrected chi connectivity index (χ4v) is 4.73. The molecule has 0 bridgehead atoms. The van der Waals surface area contributed by atoms with Crippen LogP contribution in [-0.4, -0.2) is 21.1 Å². The molecule has 1 aliphatic carbocycles. The molecule has 1 saturated carbocycles. The van der Waals surface area contributed by atoms with Crippen molar-refractivity contribution in [3.8, 4) is 0 Å². The van der Waals surface area contributed by atoms with Gasteiger partial charge in [-0.25, -0.2) is 4.79 Å². The molecule has 0 saturated heterocycles. The maximum Gasteiger partial charge on any atom is 0.171 e. The zero-order valence-electron chi connectivity index (χ0n) is 14.4. The van der Waals surface area contributed by atoms with E-state index in [2.05, 4.69) is 39.9 Å². The van der Waals surface area contributed by atoms with E-state index >= 15 is 0 Å². The van der Waals surface area contributed by atoms with Gasteiger partial charge in [0.25, 0.3) is 0 Å². The van der Waals surface area contributed by atoms with Gasteiger partial charge in [-0.3, -0.25) is 0 Å². The number of hydrogen-bond acceptors (Lipinski definition) is 2. The molecule has 3 unspecified atom stereocenters. The molecule has 120 valence electrons. The van der Waals surface area contributed by atoms with Gasteiger partial charge in [-0.05, 0) is 49.6 Å². The van der Waals surface area contributed by atoms with E-state index in [1.54, 1.807) is 0 Å². The molecule has 3 heteroatoms. The third kappa shape index (κ3) is 6.33. The Labute approximate surface area is 132 Å². The van der Waals surface area contributed by atoms with Crippen molar-refractivity contribution >= 4 is 15.0 Å². The van der Waals surface area contributed by atoms with Crippen molar-refractivity contribution in [2.45, 2.75) is 72.1 Å². The van der Waals surface area contributed by atoms with Gasteiger partial charge in [-0.1, -0.05) is 45.8 Å². The third-order valence-electron chi connectivity index (χ3n) is 4.37. The lowest BCUT2D eigenvalue weighted by molar-refractivity contribution is -0.00800. The van der Waals surface area contributed by atoms with Crippen LogP contribution in [0.25, 0.3) is 0 Å². The van der Waals surface area contributed by atoms with E-state index in [0.717, 1.165) is 6.42 Å². The van der Waals surface area contributed by atoms with Crippen molar-refractivity contribution in [3.05, 3.63) is 18.2 Å². The molecule has 0 heterocycles. The summed E-state index contributed by atoms with van der Waals surface area (Å²) in [7, 11) is -1.04. The van der Waals surface area contributed by atoms with Crippen LogP contribution in [0.2, 0.25) is 13.1 Å². The molecule has 0 N–H and O–H groups in total. The van der Waals surface area contributed by atoms with Crippen LogP contribution < -0.4 is 0 Å². The molecule has 0 aliphatic heterocycles. The predicted octanol–water partition coefficient (Wildman–Crippen LogP) is 4.54. The van der Waals surface area contributed by atoms with Crippen molar-refractivity contribution in [3.63, 3.8) is 0 Å². The summed E-state index contributed by atoms with van der Waals surface area (Å²) in [5, 5.41) is 0. The minimum atomic E-state index is -1.04. The summed E-state index contributed by atoms with van der Waals surface area (Å²) in [4.78, 5) is 10.2. The first kappa shape index (κ1) is 18.4. The third-order valence-corrected chi connectivity index (χ3v) is 5.21. The maximum atomic E-state index is 10.2. The molecule has 0 spiro atoms. The molecule has 21 heavy (non-hydrogen) atoms. The number of allylic oxidation sites excluding steroid dienone is 3. The first-order valence-electron chi connectivity index (χ1n) is 8.37. The first-order chi connectivity index (χ1) is 9.86. The standard InChI is InChI=1S/C18H32O2Si/c1-18(2,3)17(20-21(4)5)16-13-9-8-12-15(16)11-7-6-10-14-19/h6-7,10,15-17,21H,8-9,11-13H2,1-5H3. The highest BCUT2D eigenvalue weighted by molar-refractivity contribution is 6.48. The normalized spacial score (nSPS) is 25.0. The van der Waals surface area contributed by atoms with Gasteiger partial charge in [0, 0.05) is 6.08 Å². The largest absolute Gasteiger partial charge is 0.417 e. The molecular weight excluding hydrogens is 276 g/mol. The summed E-state index contributed by atoms with van der Waals surface area (Å²) in [5.41, 5.74) is 0.198. The summed E-state index contributed by atoms with van der Waals surface area (Å²) >= 11 is 0. The molecule has 1 rings (SSSR count). The van der Waals surface area contributed by atoms with Crippen molar-refractivity contribution < 1.29 is 9.22 Å². The van der Waals surface area contributed by atoms with E-state index in [9.17, 15) is 4.79 Å². The molecule has 3 atom stereocenters. The fourth-order valence-electron chi connectivity index (χ4n) is 3.53. The molecular formula is C18H32O2Si. The Kier molecular flexibility index (Phi) is 7.65. The Morgan fingerprint density at radius 3 is 2.52 bits per heavy atom. The van der Waals surface area contributed by atoms with E-state index in [4.69, 9.17) is 4.43 Å². The fraction of sp³-hybridized carbons (Fsp3) is 0.778. The van der Waals surface area contributed by atoms with Crippen LogP contribution in [0.3, 0.4) is 0 Å². The average molecular weight is 309 g/mol. The highest BCUT2D eigenvalue weighted by Gasteiger charge is 2.38. The topological polar surface area (TPSA) is 26.3 Å². The Morgan fingerprint density at radius 2 is 1.95 bits per heavy atom. The van der Waals surface area contributed by atoms with Gasteiger partial charge in [0.2, 0.25) is 0 Å². The van der Waals surface area contributed by atoms with Crippen LogP contribution in [-0.2, 0) is 9.22 Å². The van der Waals surface area contributed by atoms with Gasteiger partial charge in [-0.2, -0.15) is 0 Å². The van der Waals surface area contributed by atoms with Gasteiger partial charge in [0.1, 0.15) is 5.94 Å². The second kappa shape index (κ2) is 8.72. The number of rotatable bonds is 6. The molecule has 0 radical (unpaired) electrons. The molecule has 0 aromatic rings. The monoisotopic (exact) mass is 308 g/mol. The lowest BCUT2D eigenvalue weighted by Crippen LogP contribution is -2.43. The Bertz CT molecular complexity index is 375. The average Bonchev–Trinajstić information content (AvgIpc) is 2.40. The highest BCUT2D eigenvalue weighted by Crippen LogP contribution is 2.42. The van der Waals surface area contributed by atoms with Crippen LogP contribution in [0, 0.1) is 17.3 Å². The molecule has 0 aromatic heterocycles. The summed E-state index contributed by atoms with van der Waals surface area (Å²) in [6.45, 7) is 11.5. The lowest BCUT2D eigenvalue weighted by Gasteiger charge is -2.44. The summed E-state index contributed by atoms with van der Waals surface area (Å²) < 4.78 is 6.46. The quantitative estimate of drug-likeness (QED) is 0.409. The zero-order chi connectivity index (χ0) is 15.9. The van der Waals surface area contributed by atoms with Crippen molar-refractivity contribution in [1.29, 1.82) is 0 Å². The second-order valence-corrected chi connectivity index (χ2v) is 10.00. The number of hydrogen-bond donors (Lipinski definition) is 0. The smallest absolute Gasteiger partial charge is 0.171 e. The summed E-state index contributed by atoms with van der Waals surface area (Å²) in [5.74, 6) is 3.15. The van der Waals surface area contributed by atoms with E-state index in [1.807, 2.05) is 12.0 Å². The second-order valence-electron chi connectivity index (χ2n) is 7.63.